The topological polar surface area (TPSA) is 34.1 Å². The molecule has 0 aliphatic heterocycles. The van der Waals surface area contributed by atoms with E-state index in [-0.39, 0.29) is 5.75 Å². The first-order valence-electron chi connectivity index (χ1n) is 5.97. The van der Waals surface area contributed by atoms with E-state index in [1.807, 2.05) is 54.6 Å². The van der Waals surface area contributed by atoms with E-state index < -0.39 is 9.84 Å². The van der Waals surface area contributed by atoms with Gasteiger partial charge in [0.25, 0.3) is 0 Å². The first-order chi connectivity index (χ1) is 8.96. The van der Waals surface area contributed by atoms with Gasteiger partial charge in [0.05, 0.1) is 5.75 Å². The SMILES string of the molecule is C=C(CS(C)(=O)=O)c1ccc(-c2ccccc2)cc1. The van der Waals surface area contributed by atoms with Gasteiger partial charge in [0.15, 0.2) is 9.84 Å². The maximum atomic E-state index is 11.2. The number of sulfone groups is 1. The van der Waals surface area contributed by atoms with Crippen molar-refractivity contribution >= 4 is 15.4 Å². The van der Waals surface area contributed by atoms with Gasteiger partial charge in [0.1, 0.15) is 0 Å². The Morgan fingerprint density at radius 3 is 2.00 bits per heavy atom. The molecule has 3 heteroatoms. The molecule has 2 aromatic rings. The fourth-order valence-electron chi connectivity index (χ4n) is 1.93. The Morgan fingerprint density at radius 2 is 1.47 bits per heavy atom. The highest BCUT2D eigenvalue weighted by molar-refractivity contribution is 7.91. The second-order valence-electron chi connectivity index (χ2n) is 4.62. The molecule has 0 amide bonds. The summed E-state index contributed by atoms with van der Waals surface area (Å²) >= 11 is 0. The molecule has 2 rings (SSSR count). The van der Waals surface area contributed by atoms with Crippen LogP contribution in [0.4, 0.5) is 0 Å². The third-order valence-corrected chi connectivity index (χ3v) is 3.71. The van der Waals surface area contributed by atoms with Crippen LogP contribution < -0.4 is 0 Å². The molecule has 0 aromatic heterocycles. The van der Waals surface area contributed by atoms with Crippen molar-refractivity contribution < 1.29 is 8.42 Å². The standard InChI is InChI=1S/C16H16O2S/c1-13(12-19(2,17)18)14-8-10-16(11-9-14)15-6-4-3-5-7-15/h3-11H,1,12H2,2H3. The minimum Gasteiger partial charge on any atom is -0.229 e. The molecule has 0 atom stereocenters. The molecular weight excluding hydrogens is 256 g/mol. The van der Waals surface area contributed by atoms with Crippen molar-refractivity contribution in [2.24, 2.45) is 0 Å². The summed E-state index contributed by atoms with van der Waals surface area (Å²) in [6.45, 7) is 3.83. The van der Waals surface area contributed by atoms with E-state index in [1.165, 1.54) is 6.26 Å². The zero-order chi connectivity index (χ0) is 13.9. The first kappa shape index (κ1) is 13.6. The van der Waals surface area contributed by atoms with Gasteiger partial charge in [-0.3, -0.25) is 0 Å². The van der Waals surface area contributed by atoms with Gasteiger partial charge in [0, 0.05) is 6.26 Å². The van der Waals surface area contributed by atoms with Gasteiger partial charge < -0.3 is 0 Å². The van der Waals surface area contributed by atoms with E-state index in [9.17, 15) is 8.42 Å². The second kappa shape index (κ2) is 5.41. The summed E-state index contributed by atoms with van der Waals surface area (Å²) in [6, 6.07) is 17.8. The average Bonchev–Trinajstić information content (AvgIpc) is 2.38. The lowest BCUT2D eigenvalue weighted by atomic mass is 10.0. The van der Waals surface area contributed by atoms with Gasteiger partial charge in [-0.25, -0.2) is 8.42 Å². The fraction of sp³-hybridized carbons (Fsp3) is 0.125. The zero-order valence-electron chi connectivity index (χ0n) is 10.8. The van der Waals surface area contributed by atoms with Gasteiger partial charge in [-0.05, 0) is 22.3 Å². The van der Waals surface area contributed by atoms with Gasteiger partial charge in [-0.15, -0.1) is 0 Å². The highest BCUT2D eigenvalue weighted by Crippen LogP contribution is 2.22. The molecule has 2 nitrogen and oxygen atoms in total. The maximum absolute atomic E-state index is 11.2. The van der Waals surface area contributed by atoms with Crippen molar-refractivity contribution in [1.82, 2.24) is 0 Å². The smallest absolute Gasteiger partial charge is 0.151 e. The highest BCUT2D eigenvalue weighted by Gasteiger charge is 2.07. The molecule has 19 heavy (non-hydrogen) atoms. The normalized spacial score (nSPS) is 11.2. The predicted molar refractivity (Wildman–Crippen MR) is 80.6 cm³/mol. The number of rotatable bonds is 4. The largest absolute Gasteiger partial charge is 0.229 e. The molecule has 0 spiro atoms. The second-order valence-corrected chi connectivity index (χ2v) is 6.76. The lowest BCUT2D eigenvalue weighted by Gasteiger charge is -2.06. The lowest BCUT2D eigenvalue weighted by Crippen LogP contribution is -2.04. The molecule has 2 aromatic carbocycles. The Bertz CT molecular complexity index is 668. The summed E-state index contributed by atoms with van der Waals surface area (Å²) in [5.74, 6) is -0.00230. The van der Waals surface area contributed by atoms with Crippen molar-refractivity contribution in [3.63, 3.8) is 0 Å². The van der Waals surface area contributed by atoms with E-state index in [1.54, 1.807) is 0 Å². The summed E-state index contributed by atoms with van der Waals surface area (Å²) < 4.78 is 22.5. The van der Waals surface area contributed by atoms with Crippen LogP contribution in [0.15, 0.2) is 61.2 Å². The molecule has 0 unspecified atom stereocenters. The molecule has 98 valence electrons. The Kier molecular flexibility index (Phi) is 3.86. The van der Waals surface area contributed by atoms with Crippen molar-refractivity contribution in [2.45, 2.75) is 0 Å². The summed E-state index contributed by atoms with van der Waals surface area (Å²) in [5, 5.41) is 0. The number of hydrogen-bond acceptors (Lipinski definition) is 2. The van der Waals surface area contributed by atoms with Crippen LogP contribution in [-0.2, 0) is 9.84 Å². The Hall–Kier alpha value is -1.87. The molecule has 0 heterocycles. The summed E-state index contributed by atoms with van der Waals surface area (Å²) in [6.07, 6.45) is 1.22. The molecule has 0 saturated carbocycles. The fourth-order valence-corrected chi connectivity index (χ4v) is 2.73. The van der Waals surface area contributed by atoms with Crippen LogP contribution in [0, 0.1) is 0 Å². The van der Waals surface area contributed by atoms with Gasteiger partial charge in [0.2, 0.25) is 0 Å². The van der Waals surface area contributed by atoms with E-state index >= 15 is 0 Å². The molecule has 0 aliphatic rings. The molecule has 0 N–H and O–H groups in total. The minimum absolute atomic E-state index is 0.00230. The minimum atomic E-state index is -3.03. The van der Waals surface area contributed by atoms with Crippen LogP contribution in [0.25, 0.3) is 16.7 Å². The monoisotopic (exact) mass is 272 g/mol. The van der Waals surface area contributed by atoms with Crippen molar-refractivity contribution in [3.8, 4) is 11.1 Å². The van der Waals surface area contributed by atoms with Crippen LogP contribution in [0.1, 0.15) is 5.56 Å². The lowest BCUT2D eigenvalue weighted by molar-refractivity contribution is 0.605. The van der Waals surface area contributed by atoms with Crippen LogP contribution in [0.2, 0.25) is 0 Å². The molecule has 0 bridgehead atoms. The number of benzene rings is 2. The molecule has 0 aliphatic carbocycles. The summed E-state index contributed by atoms with van der Waals surface area (Å²) in [5.41, 5.74) is 3.74. The quantitative estimate of drug-likeness (QED) is 0.854. The molecule has 0 saturated heterocycles. The van der Waals surface area contributed by atoms with E-state index in [4.69, 9.17) is 0 Å². The Labute approximate surface area is 114 Å². The third-order valence-electron chi connectivity index (χ3n) is 2.84. The average molecular weight is 272 g/mol. The predicted octanol–water partition coefficient (Wildman–Crippen LogP) is 3.41. The zero-order valence-corrected chi connectivity index (χ0v) is 11.7. The Morgan fingerprint density at radius 1 is 0.947 bits per heavy atom. The molecular formula is C16H16O2S. The first-order valence-corrected chi connectivity index (χ1v) is 8.03. The maximum Gasteiger partial charge on any atom is 0.151 e. The van der Waals surface area contributed by atoms with E-state index in [2.05, 4.69) is 6.58 Å². The van der Waals surface area contributed by atoms with Gasteiger partial charge >= 0.3 is 0 Å². The summed E-state index contributed by atoms with van der Waals surface area (Å²) in [7, 11) is -3.03. The van der Waals surface area contributed by atoms with Gasteiger partial charge in [-0.2, -0.15) is 0 Å². The Balaban J connectivity index is 2.22. The van der Waals surface area contributed by atoms with Crippen molar-refractivity contribution in [1.29, 1.82) is 0 Å². The van der Waals surface area contributed by atoms with E-state index in [0.29, 0.717) is 5.57 Å². The highest BCUT2D eigenvalue weighted by atomic mass is 32.2. The van der Waals surface area contributed by atoms with Gasteiger partial charge in [-0.1, -0.05) is 61.2 Å². The van der Waals surface area contributed by atoms with Crippen LogP contribution in [0.5, 0.6) is 0 Å². The molecule has 0 fully saturated rings. The van der Waals surface area contributed by atoms with E-state index in [0.717, 1.165) is 16.7 Å². The van der Waals surface area contributed by atoms with Crippen LogP contribution in [-0.4, -0.2) is 20.4 Å². The number of hydrogen-bond donors (Lipinski definition) is 0. The van der Waals surface area contributed by atoms with Crippen LogP contribution in [0.3, 0.4) is 0 Å². The van der Waals surface area contributed by atoms with Crippen LogP contribution >= 0.6 is 0 Å². The summed E-state index contributed by atoms with van der Waals surface area (Å²) in [4.78, 5) is 0. The third kappa shape index (κ3) is 3.80. The van der Waals surface area contributed by atoms with Crippen molar-refractivity contribution in [3.05, 3.63) is 66.7 Å². The van der Waals surface area contributed by atoms with Crippen molar-refractivity contribution in [2.75, 3.05) is 12.0 Å². The molecule has 0 radical (unpaired) electrons.